The van der Waals surface area contributed by atoms with E-state index in [-0.39, 0.29) is 17.7 Å². The predicted molar refractivity (Wildman–Crippen MR) is 134 cm³/mol. The van der Waals surface area contributed by atoms with E-state index in [2.05, 4.69) is 11.4 Å². The molecular weight excluding hydrogens is 442 g/mol. The van der Waals surface area contributed by atoms with E-state index in [0.717, 1.165) is 22.3 Å². The maximum atomic E-state index is 13.5. The maximum Gasteiger partial charge on any atom is 0.321 e. The molecule has 0 bridgehead atoms. The summed E-state index contributed by atoms with van der Waals surface area (Å²) in [7, 11) is 0. The average molecular weight is 474 g/mol. The smallest absolute Gasteiger partial charge is 0.321 e. The summed E-state index contributed by atoms with van der Waals surface area (Å²) in [5.41, 5.74) is 10.4. The molecule has 0 spiro atoms. The van der Waals surface area contributed by atoms with Crippen molar-refractivity contribution in [3.05, 3.63) is 101 Å². The summed E-state index contributed by atoms with van der Waals surface area (Å²) in [6, 6.07) is 22.4. The molecule has 4 rings (SSSR count). The Labute approximate surface area is 205 Å². The van der Waals surface area contributed by atoms with Gasteiger partial charge in [-0.05, 0) is 53.6 Å². The van der Waals surface area contributed by atoms with Gasteiger partial charge < -0.3 is 26.2 Å². The van der Waals surface area contributed by atoms with Gasteiger partial charge in [-0.3, -0.25) is 9.59 Å². The van der Waals surface area contributed by atoms with Gasteiger partial charge >= 0.3 is 5.97 Å². The number of fused-ring (bicyclic) bond motifs is 1. The Bertz CT molecular complexity index is 1150. The second-order valence-corrected chi connectivity index (χ2v) is 9.06. The number of benzene rings is 3. The first-order chi connectivity index (χ1) is 16.9. The predicted octanol–water partition coefficient (Wildman–Crippen LogP) is 2.50. The van der Waals surface area contributed by atoms with Gasteiger partial charge in [0.25, 0.3) is 0 Å². The lowest BCUT2D eigenvalue weighted by atomic mass is 9.92. The van der Waals surface area contributed by atoms with Crippen LogP contribution in [-0.2, 0) is 35.4 Å². The Hall–Kier alpha value is -3.68. The molecular formula is C28H31N3O4. The molecule has 35 heavy (non-hydrogen) atoms. The second kappa shape index (κ2) is 11.2. The highest BCUT2D eigenvalue weighted by Crippen LogP contribution is 2.24. The van der Waals surface area contributed by atoms with Crippen LogP contribution in [0.4, 0.5) is 0 Å². The van der Waals surface area contributed by atoms with Gasteiger partial charge in [0.05, 0.1) is 6.04 Å². The molecule has 0 saturated heterocycles. The number of hydrogen-bond acceptors (Lipinski definition) is 5. The van der Waals surface area contributed by atoms with Crippen LogP contribution in [-0.4, -0.2) is 51.7 Å². The summed E-state index contributed by atoms with van der Waals surface area (Å²) in [4.78, 5) is 27.2. The number of nitrogens with two attached hydrogens (primary N) is 1. The Morgan fingerprint density at radius 1 is 0.914 bits per heavy atom. The van der Waals surface area contributed by atoms with Gasteiger partial charge in [-0.2, -0.15) is 0 Å². The van der Waals surface area contributed by atoms with Crippen molar-refractivity contribution in [2.24, 2.45) is 5.73 Å². The molecule has 182 valence electrons. The monoisotopic (exact) mass is 473 g/mol. The Balaban J connectivity index is 1.49. The molecule has 1 amide bonds. The van der Waals surface area contributed by atoms with Gasteiger partial charge in [0, 0.05) is 19.1 Å². The minimum atomic E-state index is -0.924. The molecule has 7 nitrogen and oxygen atoms in total. The molecule has 0 saturated carbocycles. The molecule has 0 aromatic heterocycles. The topological polar surface area (TPSA) is 116 Å². The van der Waals surface area contributed by atoms with E-state index in [4.69, 9.17) is 5.73 Å². The van der Waals surface area contributed by atoms with Crippen LogP contribution in [0.1, 0.15) is 22.3 Å². The van der Waals surface area contributed by atoms with E-state index in [9.17, 15) is 19.8 Å². The second-order valence-electron chi connectivity index (χ2n) is 9.06. The van der Waals surface area contributed by atoms with Crippen LogP contribution >= 0.6 is 0 Å². The fourth-order valence-electron chi connectivity index (χ4n) is 4.59. The lowest BCUT2D eigenvalue weighted by Crippen LogP contribution is -2.56. The van der Waals surface area contributed by atoms with E-state index >= 15 is 0 Å². The minimum Gasteiger partial charge on any atom is -0.508 e. The van der Waals surface area contributed by atoms with Crippen LogP contribution in [0, 0.1) is 0 Å². The quantitative estimate of drug-likeness (QED) is 0.380. The third-order valence-corrected chi connectivity index (χ3v) is 6.53. The summed E-state index contributed by atoms with van der Waals surface area (Å²) in [6.45, 7) is 0.775. The Morgan fingerprint density at radius 2 is 1.54 bits per heavy atom. The van der Waals surface area contributed by atoms with Crippen molar-refractivity contribution >= 4 is 11.9 Å². The number of hydrogen-bond donors (Lipinski definition) is 4. The van der Waals surface area contributed by atoms with Gasteiger partial charge in [-0.15, -0.1) is 0 Å². The van der Waals surface area contributed by atoms with Crippen LogP contribution in [0.2, 0.25) is 0 Å². The molecule has 3 aromatic carbocycles. The first kappa shape index (κ1) is 24.4. The number of aliphatic carboxylic acids is 1. The molecule has 3 aromatic rings. The fourth-order valence-corrected chi connectivity index (χ4v) is 4.59. The van der Waals surface area contributed by atoms with Crippen LogP contribution in [0.15, 0.2) is 78.9 Å². The summed E-state index contributed by atoms with van der Waals surface area (Å²) in [6.07, 6.45) is 1.33. The Kier molecular flexibility index (Phi) is 7.80. The number of amides is 1. The molecule has 7 heteroatoms. The molecule has 3 atom stereocenters. The number of nitrogens with one attached hydrogen (secondary N) is 1. The molecule has 0 aliphatic carbocycles. The zero-order valence-corrected chi connectivity index (χ0v) is 19.5. The molecule has 1 aliphatic heterocycles. The van der Waals surface area contributed by atoms with Crippen molar-refractivity contribution in [3.63, 3.8) is 0 Å². The van der Waals surface area contributed by atoms with Crippen molar-refractivity contribution in [3.8, 4) is 5.75 Å². The SMILES string of the molecule is NC(Cc1ccc(O)cc1)C(=O)N1Cc2ccccc2CC1CNC(Cc1ccccc1)C(=O)O. The number of phenolic OH excluding ortho intramolecular Hbond substituents is 1. The number of aromatic hydroxyl groups is 1. The molecule has 0 radical (unpaired) electrons. The normalized spacial score (nSPS) is 16.8. The summed E-state index contributed by atoms with van der Waals surface area (Å²) in [5.74, 6) is -0.933. The van der Waals surface area contributed by atoms with Crippen LogP contribution in [0.25, 0.3) is 0 Å². The minimum absolute atomic E-state index is 0.163. The van der Waals surface area contributed by atoms with Gasteiger partial charge in [0.2, 0.25) is 5.91 Å². The summed E-state index contributed by atoms with van der Waals surface area (Å²) >= 11 is 0. The van der Waals surface area contributed by atoms with Crippen LogP contribution in [0.5, 0.6) is 5.75 Å². The largest absolute Gasteiger partial charge is 0.508 e. The van der Waals surface area contributed by atoms with Crippen molar-refractivity contribution < 1.29 is 19.8 Å². The third kappa shape index (κ3) is 6.26. The highest BCUT2D eigenvalue weighted by atomic mass is 16.4. The first-order valence-corrected chi connectivity index (χ1v) is 11.8. The number of carboxylic acid groups (broad SMARTS) is 1. The van der Waals surface area contributed by atoms with Crippen molar-refractivity contribution in [2.75, 3.05) is 6.54 Å². The van der Waals surface area contributed by atoms with Gasteiger partial charge in [-0.1, -0.05) is 66.7 Å². The van der Waals surface area contributed by atoms with E-state index in [1.54, 1.807) is 29.2 Å². The molecule has 3 unspecified atom stereocenters. The molecule has 0 fully saturated rings. The zero-order chi connectivity index (χ0) is 24.8. The number of carboxylic acids is 1. The number of carbonyl (C=O) groups excluding carboxylic acids is 1. The number of phenols is 1. The Morgan fingerprint density at radius 3 is 2.23 bits per heavy atom. The van der Waals surface area contributed by atoms with E-state index in [1.807, 2.05) is 48.5 Å². The van der Waals surface area contributed by atoms with Gasteiger partial charge in [0.1, 0.15) is 11.8 Å². The summed E-state index contributed by atoms with van der Waals surface area (Å²) in [5, 5.41) is 22.5. The number of carbonyl (C=O) groups is 2. The van der Waals surface area contributed by atoms with Crippen molar-refractivity contribution in [1.82, 2.24) is 10.2 Å². The van der Waals surface area contributed by atoms with Crippen molar-refractivity contribution in [1.29, 1.82) is 0 Å². The summed E-state index contributed by atoms with van der Waals surface area (Å²) < 4.78 is 0. The lowest BCUT2D eigenvalue weighted by molar-refractivity contribution is -0.139. The third-order valence-electron chi connectivity index (χ3n) is 6.53. The molecule has 1 aliphatic rings. The fraction of sp³-hybridized carbons (Fsp3) is 0.286. The van der Waals surface area contributed by atoms with Crippen LogP contribution in [0.3, 0.4) is 0 Å². The molecule has 1 heterocycles. The number of rotatable bonds is 9. The maximum absolute atomic E-state index is 13.5. The van der Waals surface area contributed by atoms with E-state index in [1.165, 1.54) is 0 Å². The van der Waals surface area contributed by atoms with Gasteiger partial charge in [-0.25, -0.2) is 0 Å². The van der Waals surface area contributed by atoms with Gasteiger partial charge in [0.15, 0.2) is 0 Å². The van der Waals surface area contributed by atoms with E-state index < -0.39 is 18.1 Å². The number of nitrogens with zero attached hydrogens (tertiary/aromatic N) is 1. The molecule has 5 N–H and O–H groups in total. The van der Waals surface area contributed by atoms with Crippen molar-refractivity contribution in [2.45, 2.75) is 43.9 Å². The van der Waals surface area contributed by atoms with Crippen LogP contribution < -0.4 is 11.1 Å². The average Bonchev–Trinajstić information content (AvgIpc) is 2.87. The highest BCUT2D eigenvalue weighted by molar-refractivity contribution is 5.82. The van der Waals surface area contributed by atoms with E-state index in [0.29, 0.717) is 32.4 Å². The highest BCUT2D eigenvalue weighted by Gasteiger charge is 2.33. The zero-order valence-electron chi connectivity index (χ0n) is 19.5. The lowest BCUT2D eigenvalue weighted by Gasteiger charge is -2.39. The first-order valence-electron chi connectivity index (χ1n) is 11.8. The standard InChI is InChI=1S/C28H31N3O4/c29-25(14-20-10-12-24(32)13-11-20)27(33)31-18-22-9-5-4-8-21(22)16-23(31)17-30-26(28(34)35)15-19-6-2-1-3-7-19/h1-13,23,25-26,30,32H,14-18,29H2,(H,34,35).